The SMILES string of the molecule is CCOc1cc(-c2ccc(C)cc2)nc2ccc(C(=O)NCC3CCCO3)cc12. The maximum absolute atomic E-state index is 12.6. The van der Waals surface area contributed by atoms with Crippen LogP contribution in [0.5, 0.6) is 5.75 Å². The summed E-state index contributed by atoms with van der Waals surface area (Å²) in [5.74, 6) is 0.634. The Morgan fingerprint density at radius 3 is 2.76 bits per heavy atom. The number of aromatic nitrogens is 1. The minimum atomic E-state index is -0.104. The molecule has 0 aliphatic carbocycles. The van der Waals surface area contributed by atoms with Crippen LogP contribution in [0.1, 0.15) is 35.7 Å². The molecule has 2 heterocycles. The number of fused-ring (bicyclic) bond motifs is 1. The third kappa shape index (κ3) is 4.40. The summed E-state index contributed by atoms with van der Waals surface area (Å²) in [7, 11) is 0. The topological polar surface area (TPSA) is 60.5 Å². The molecule has 1 aromatic heterocycles. The molecule has 1 atom stereocenters. The van der Waals surface area contributed by atoms with Crippen LogP contribution in [-0.2, 0) is 4.74 Å². The first-order valence-electron chi connectivity index (χ1n) is 10.2. The number of nitrogens with one attached hydrogen (secondary N) is 1. The molecule has 1 unspecified atom stereocenters. The van der Waals surface area contributed by atoms with E-state index in [2.05, 4.69) is 36.5 Å². The molecule has 2 aromatic carbocycles. The number of pyridine rings is 1. The first kappa shape index (κ1) is 19.4. The van der Waals surface area contributed by atoms with Crippen molar-refractivity contribution in [1.29, 1.82) is 0 Å². The normalized spacial score (nSPS) is 16.1. The second-order valence-corrected chi connectivity index (χ2v) is 7.38. The van der Waals surface area contributed by atoms with Crippen LogP contribution in [-0.4, -0.2) is 36.8 Å². The highest BCUT2D eigenvalue weighted by Gasteiger charge is 2.17. The number of ether oxygens (including phenoxy) is 2. The lowest BCUT2D eigenvalue weighted by Crippen LogP contribution is -2.31. The Bertz CT molecular complexity index is 1010. The number of aryl methyl sites for hydroxylation is 1. The molecule has 1 fully saturated rings. The molecule has 0 saturated carbocycles. The van der Waals surface area contributed by atoms with E-state index in [1.807, 2.05) is 31.2 Å². The van der Waals surface area contributed by atoms with Crippen LogP contribution in [0.3, 0.4) is 0 Å². The average molecular weight is 390 g/mol. The average Bonchev–Trinajstić information content (AvgIpc) is 3.26. The van der Waals surface area contributed by atoms with E-state index in [0.717, 1.165) is 47.4 Å². The zero-order valence-corrected chi connectivity index (χ0v) is 16.9. The summed E-state index contributed by atoms with van der Waals surface area (Å²) in [5.41, 5.74) is 4.51. The van der Waals surface area contributed by atoms with E-state index in [0.29, 0.717) is 18.7 Å². The first-order valence-corrected chi connectivity index (χ1v) is 10.2. The van der Waals surface area contributed by atoms with Crippen LogP contribution in [0, 0.1) is 6.92 Å². The van der Waals surface area contributed by atoms with Gasteiger partial charge in [0.1, 0.15) is 5.75 Å². The highest BCUT2D eigenvalue weighted by Crippen LogP contribution is 2.31. The lowest BCUT2D eigenvalue weighted by atomic mass is 10.1. The van der Waals surface area contributed by atoms with Crippen LogP contribution in [0.2, 0.25) is 0 Å². The molecule has 4 rings (SSSR count). The standard InChI is InChI=1S/C24H26N2O3/c1-3-28-23-14-22(17-8-6-16(2)7-9-17)26-21-11-10-18(13-20(21)23)24(27)25-15-19-5-4-12-29-19/h6-11,13-14,19H,3-5,12,15H2,1-2H3,(H,25,27). The Balaban J connectivity index is 1.64. The van der Waals surface area contributed by atoms with E-state index in [9.17, 15) is 4.79 Å². The van der Waals surface area contributed by atoms with Crippen molar-refractivity contribution < 1.29 is 14.3 Å². The third-order valence-corrected chi connectivity index (χ3v) is 5.19. The van der Waals surface area contributed by atoms with Gasteiger partial charge in [0.05, 0.1) is 23.9 Å². The highest BCUT2D eigenvalue weighted by atomic mass is 16.5. The van der Waals surface area contributed by atoms with E-state index in [4.69, 9.17) is 14.5 Å². The minimum Gasteiger partial charge on any atom is -0.493 e. The van der Waals surface area contributed by atoms with Crippen molar-refractivity contribution in [1.82, 2.24) is 10.3 Å². The summed E-state index contributed by atoms with van der Waals surface area (Å²) in [6.07, 6.45) is 2.18. The lowest BCUT2D eigenvalue weighted by Gasteiger charge is -2.13. The number of hydrogen-bond acceptors (Lipinski definition) is 4. The molecule has 29 heavy (non-hydrogen) atoms. The summed E-state index contributed by atoms with van der Waals surface area (Å²) in [5, 5.41) is 3.81. The van der Waals surface area contributed by atoms with E-state index in [-0.39, 0.29) is 12.0 Å². The molecule has 150 valence electrons. The van der Waals surface area contributed by atoms with Crippen molar-refractivity contribution >= 4 is 16.8 Å². The Labute approximate surface area is 171 Å². The quantitative estimate of drug-likeness (QED) is 0.672. The first-order chi connectivity index (χ1) is 14.1. The van der Waals surface area contributed by atoms with E-state index >= 15 is 0 Å². The van der Waals surface area contributed by atoms with Crippen molar-refractivity contribution in [2.45, 2.75) is 32.8 Å². The van der Waals surface area contributed by atoms with Gasteiger partial charge >= 0.3 is 0 Å². The van der Waals surface area contributed by atoms with Crippen molar-refractivity contribution in [3.63, 3.8) is 0 Å². The Hall–Kier alpha value is -2.92. The molecule has 1 amide bonds. The van der Waals surface area contributed by atoms with E-state index < -0.39 is 0 Å². The number of nitrogens with zero attached hydrogens (tertiary/aromatic N) is 1. The van der Waals surface area contributed by atoms with Gasteiger partial charge in [0.25, 0.3) is 5.91 Å². The summed E-state index contributed by atoms with van der Waals surface area (Å²) < 4.78 is 11.5. The molecule has 1 saturated heterocycles. The minimum absolute atomic E-state index is 0.104. The molecule has 1 aliphatic rings. The number of amides is 1. The summed E-state index contributed by atoms with van der Waals surface area (Å²) in [4.78, 5) is 17.4. The Kier molecular flexibility index (Phi) is 5.76. The molecule has 1 aliphatic heterocycles. The Morgan fingerprint density at radius 1 is 1.21 bits per heavy atom. The zero-order valence-electron chi connectivity index (χ0n) is 16.9. The van der Waals surface area contributed by atoms with Crippen molar-refractivity contribution in [3.05, 3.63) is 59.7 Å². The van der Waals surface area contributed by atoms with Crippen LogP contribution >= 0.6 is 0 Å². The van der Waals surface area contributed by atoms with Crippen LogP contribution in [0.4, 0.5) is 0 Å². The van der Waals surface area contributed by atoms with Gasteiger partial charge in [-0.05, 0) is 44.9 Å². The molecule has 1 N–H and O–H groups in total. The number of benzene rings is 2. The fourth-order valence-corrected chi connectivity index (χ4v) is 3.60. The van der Waals surface area contributed by atoms with Gasteiger partial charge in [-0.3, -0.25) is 4.79 Å². The molecule has 5 heteroatoms. The maximum atomic E-state index is 12.6. The highest BCUT2D eigenvalue weighted by molar-refractivity contribution is 5.99. The van der Waals surface area contributed by atoms with Crippen LogP contribution < -0.4 is 10.1 Å². The number of rotatable bonds is 6. The fraction of sp³-hybridized carbons (Fsp3) is 0.333. The van der Waals surface area contributed by atoms with Gasteiger partial charge in [-0.2, -0.15) is 0 Å². The molecular formula is C24H26N2O3. The van der Waals surface area contributed by atoms with Gasteiger partial charge in [-0.25, -0.2) is 4.98 Å². The molecule has 0 spiro atoms. The van der Waals surface area contributed by atoms with Crippen molar-refractivity contribution in [2.24, 2.45) is 0 Å². The van der Waals surface area contributed by atoms with Gasteiger partial charge < -0.3 is 14.8 Å². The van der Waals surface area contributed by atoms with Crippen LogP contribution in [0.15, 0.2) is 48.5 Å². The van der Waals surface area contributed by atoms with Crippen LogP contribution in [0.25, 0.3) is 22.2 Å². The van der Waals surface area contributed by atoms with E-state index in [1.54, 1.807) is 0 Å². The molecule has 5 nitrogen and oxygen atoms in total. The molecule has 3 aromatic rings. The second kappa shape index (κ2) is 8.62. The molecular weight excluding hydrogens is 364 g/mol. The largest absolute Gasteiger partial charge is 0.493 e. The molecule has 0 bridgehead atoms. The summed E-state index contributed by atoms with van der Waals surface area (Å²) in [6, 6.07) is 15.8. The van der Waals surface area contributed by atoms with Gasteiger partial charge in [0, 0.05) is 35.7 Å². The lowest BCUT2D eigenvalue weighted by molar-refractivity contribution is 0.0858. The van der Waals surface area contributed by atoms with Gasteiger partial charge in [-0.1, -0.05) is 29.8 Å². The predicted molar refractivity (Wildman–Crippen MR) is 114 cm³/mol. The number of carbonyl (C=O) groups is 1. The third-order valence-electron chi connectivity index (χ3n) is 5.19. The van der Waals surface area contributed by atoms with Crippen molar-refractivity contribution in [2.75, 3.05) is 19.8 Å². The predicted octanol–water partition coefficient (Wildman–Crippen LogP) is 4.52. The summed E-state index contributed by atoms with van der Waals surface area (Å²) in [6.45, 7) is 5.88. The number of hydrogen-bond donors (Lipinski definition) is 1. The van der Waals surface area contributed by atoms with Gasteiger partial charge in [0.15, 0.2) is 0 Å². The smallest absolute Gasteiger partial charge is 0.251 e. The zero-order chi connectivity index (χ0) is 20.2. The monoisotopic (exact) mass is 390 g/mol. The second-order valence-electron chi connectivity index (χ2n) is 7.38. The van der Waals surface area contributed by atoms with Crippen molar-refractivity contribution in [3.8, 4) is 17.0 Å². The maximum Gasteiger partial charge on any atom is 0.251 e. The van der Waals surface area contributed by atoms with Gasteiger partial charge in [0.2, 0.25) is 0 Å². The number of carbonyl (C=O) groups excluding carboxylic acids is 1. The van der Waals surface area contributed by atoms with Gasteiger partial charge in [-0.15, -0.1) is 0 Å². The fourth-order valence-electron chi connectivity index (χ4n) is 3.60. The Morgan fingerprint density at radius 2 is 2.03 bits per heavy atom. The summed E-state index contributed by atoms with van der Waals surface area (Å²) >= 11 is 0. The van der Waals surface area contributed by atoms with E-state index in [1.165, 1.54) is 5.56 Å². The molecule has 0 radical (unpaired) electrons.